The van der Waals surface area contributed by atoms with E-state index < -0.39 is 5.97 Å². The number of carboxylic acid groups (broad SMARTS) is 1. The van der Waals surface area contributed by atoms with Crippen LogP contribution in [0.4, 0.5) is 5.13 Å². The topological polar surface area (TPSA) is 110 Å². The van der Waals surface area contributed by atoms with Crippen molar-refractivity contribution in [1.82, 2.24) is 20.0 Å². The summed E-state index contributed by atoms with van der Waals surface area (Å²) in [5.74, 6) is -1.29. The zero-order valence-electron chi connectivity index (χ0n) is 9.11. The minimum Gasteiger partial charge on any atom is -0.481 e. The van der Waals surface area contributed by atoms with Crippen LogP contribution in [-0.2, 0) is 22.6 Å². The molecule has 0 aliphatic rings. The van der Waals surface area contributed by atoms with E-state index in [-0.39, 0.29) is 18.9 Å². The van der Waals surface area contributed by atoms with Crippen LogP contribution in [0.5, 0.6) is 0 Å². The van der Waals surface area contributed by atoms with Gasteiger partial charge in [0.25, 0.3) is 0 Å². The largest absolute Gasteiger partial charge is 0.481 e. The first-order chi connectivity index (χ1) is 8.63. The minimum atomic E-state index is -0.991. The molecule has 8 nitrogen and oxygen atoms in total. The summed E-state index contributed by atoms with van der Waals surface area (Å²) in [5.41, 5.74) is 0.310. The molecule has 0 bridgehead atoms. The average Bonchev–Trinajstić information content (AvgIpc) is 2.89. The van der Waals surface area contributed by atoms with Crippen molar-refractivity contribution in [1.29, 1.82) is 0 Å². The molecule has 2 heterocycles. The number of thiazole rings is 1. The number of nitrogens with one attached hydrogen (secondary N) is 1. The zero-order valence-corrected chi connectivity index (χ0v) is 9.92. The molecule has 2 aromatic rings. The molecule has 18 heavy (non-hydrogen) atoms. The van der Waals surface area contributed by atoms with E-state index in [9.17, 15) is 9.59 Å². The molecule has 94 valence electrons. The van der Waals surface area contributed by atoms with Gasteiger partial charge in [0.2, 0.25) is 5.91 Å². The molecule has 0 radical (unpaired) electrons. The van der Waals surface area contributed by atoms with E-state index in [0.717, 1.165) is 0 Å². The van der Waals surface area contributed by atoms with Gasteiger partial charge in [-0.2, -0.15) is 0 Å². The van der Waals surface area contributed by atoms with Gasteiger partial charge < -0.3 is 10.4 Å². The number of nitrogens with zero attached hydrogens (tertiary/aromatic N) is 4. The summed E-state index contributed by atoms with van der Waals surface area (Å²) in [6.45, 7) is -0.0355. The first-order valence-electron chi connectivity index (χ1n) is 4.93. The molecular weight excluding hydrogens is 258 g/mol. The van der Waals surface area contributed by atoms with Gasteiger partial charge in [-0.1, -0.05) is 5.21 Å². The fourth-order valence-electron chi connectivity index (χ4n) is 1.24. The molecule has 0 aliphatic carbocycles. The number of aromatic nitrogens is 4. The van der Waals surface area contributed by atoms with Crippen molar-refractivity contribution in [3.8, 4) is 0 Å². The third-order valence-corrected chi connectivity index (χ3v) is 2.59. The van der Waals surface area contributed by atoms with Crippen molar-refractivity contribution in [2.75, 3.05) is 5.32 Å². The summed E-state index contributed by atoms with van der Waals surface area (Å²) in [5, 5.41) is 20.7. The Hall–Kier alpha value is -2.29. The standard InChI is InChI=1S/C9H9N5O3S/c15-7(11-9-10-1-2-18-9)5-14-4-6(12-13-14)3-8(16)17/h1-2,4H,3,5H2,(H,16,17)(H,10,11,15). The van der Waals surface area contributed by atoms with Crippen LogP contribution in [0.2, 0.25) is 0 Å². The van der Waals surface area contributed by atoms with Gasteiger partial charge in [-0.15, -0.1) is 16.4 Å². The number of carboxylic acids is 1. The monoisotopic (exact) mass is 267 g/mol. The maximum absolute atomic E-state index is 11.6. The van der Waals surface area contributed by atoms with Crippen molar-refractivity contribution < 1.29 is 14.7 Å². The molecule has 2 rings (SSSR count). The SMILES string of the molecule is O=C(O)Cc1cn(CC(=O)Nc2nccs2)nn1. The predicted molar refractivity (Wildman–Crippen MR) is 62.1 cm³/mol. The van der Waals surface area contributed by atoms with Crippen LogP contribution in [0.3, 0.4) is 0 Å². The van der Waals surface area contributed by atoms with Gasteiger partial charge in [-0.3, -0.25) is 9.59 Å². The predicted octanol–water partition coefficient (Wildman–Crippen LogP) is 0.000400. The summed E-state index contributed by atoms with van der Waals surface area (Å²) >= 11 is 1.31. The van der Waals surface area contributed by atoms with Crippen LogP contribution in [0, 0.1) is 0 Å². The van der Waals surface area contributed by atoms with Crippen molar-refractivity contribution in [2.45, 2.75) is 13.0 Å². The summed E-state index contributed by atoms with van der Waals surface area (Å²) in [7, 11) is 0. The van der Waals surface area contributed by atoms with Gasteiger partial charge in [0, 0.05) is 17.8 Å². The Labute approximate surface area is 105 Å². The van der Waals surface area contributed by atoms with Crippen LogP contribution < -0.4 is 5.32 Å². The van der Waals surface area contributed by atoms with E-state index >= 15 is 0 Å². The number of anilines is 1. The van der Waals surface area contributed by atoms with E-state index in [0.29, 0.717) is 10.8 Å². The molecule has 2 N–H and O–H groups in total. The molecule has 0 unspecified atom stereocenters. The van der Waals surface area contributed by atoms with Crippen molar-refractivity contribution in [3.63, 3.8) is 0 Å². The highest BCUT2D eigenvalue weighted by Crippen LogP contribution is 2.09. The molecule has 0 aliphatic heterocycles. The number of aliphatic carboxylic acids is 1. The molecule has 0 fully saturated rings. The first kappa shape index (κ1) is 12.2. The number of hydrogen-bond acceptors (Lipinski definition) is 6. The average molecular weight is 267 g/mol. The fraction of sp³-hybridized carbons (Fsp3) is 0.222. The van der Waals surface area contributed by atoms with Gasteiger partial charge in [0.15, 0.2) is 5.13 Å². The fourth-order valence-corrected chi connectivity index (χ4v) is 1.79. The third-order valence-electron chi connectivity index (χ3n) is 1.90. The second-order valence-electron chi connectivity index (χ2n) is 3.36. The third kappa shape index (κ3) is 3.35. The van der Waals surface area contributed by atoms with E-state index in [2.05, 4.69) is 20.6 Å². The Morgan fingerprint density at radius 1 is 1.50 bits per heavy atom. The number of carbonyl (C=O) groups is 2. The molecule has 0 spiro atoms. The van der Waals surface area contributed by atoms with E-state index in [1.165, 1.54) is 22.2 Å². The van der Waals surface area contributed by atoms with Crippen molar-refractivity contribution in [2.24, 2.45) is 0 Å². The van der Waals surface area contributed by atoms with Gasteiger partial charge >= 0.3 is 5.97 Å². The lowest BCUT2D eigenvalue weighted by molar-refractivity contribution is -0.136. The molecule has 0 aromatic carbocycles. The lowest BCUT2D eigenvalue weighted by Crippen LogP contribution is -2.19. The van der Waals surface area contributed by atoms with Gasteiger partial charge in [0.1, 0.15) is 6.54 Å². The highest BCUT2D eigenvalue weighted by atomic mass is 32.1. The molecule has 2 aromatic heterocycles. The highest BCUT2D eigenvalue weighted by molar-refractivity contribution is 7.13. The van der Waals surface area contributed by atoms with E-state index in [1.54, 1.807) is 11.6 Å². The Balaban J connectivity index is 1.91. The maximum Gasteiger partial charge on any atom is 0.309 e. The maximum atomic E-state index is 11.6. The Bertz CT molecular complexity index is 550. The summed E-state index contributed by atoms with van der Waals surface area (Å²) in [6, 6.07) is 0. The van der Waals surface area contributed by atoms with Crippen LogP contribution in [0.1, 0.15) is 5.69 Å². The zero-order chi connectivity index (χ0) is 13.0. The van der Waals surface area contributed by atoms with Crippen LogP contribution in [0.15, 0.2) is 17.8 Å². The molecule has 0 atom stereocenters. The molecule has 1 amide bonds. The molecule has 9 heteroatoms. The summed E-state index contributed by atoms with van der Waals surface area (Å²) < 4.78 is 1.28. The van der Waals surface area contributed by atoms with Crippen molar-refractivity contribution in [3.05, 3.63) is 23.5 Å². The van der Waals surface area contributed by atoms with Gasteiger partial charge in [-0.05, 0) is 0 Å². The normalized spacial score (nSPS) is 10.2. The lowest BCUT2D eigenvalue weighted by atomic mass is 10.3. The number of hydrogen-bond donors (Lipinski definition) is 2. The number of rotatable bonds is 5. The van der Waals surface area contributed by atoms with E-state index in [4.69, 9.17) is 5.11 Å². The highest BCUT2D eigenvalue weighted by Gasteiger charge is 2.09. The second kappa shape index (κ2) is 5.36. The summed E-state index contributed by atoms with van der Waals surface area (Å²) in [6.07, 6.45) is 2.80. The Morgan fingerprint density at radius 2 is 2.33 bits per heavy atom. The quantitative estimate of drug-likeness (QED) is 0.789. The molecular formula is C9H9N5O3S. The van der Waals surface area contributed by atoms with E-state index in [1.807, 2.05) is 0 Å². The second-order valence-corrected chi connectivity index (χ2v) is 4.26. The summed E-state index contributed by atoms with van der Waals surface area (Å²) in [4.78, 5) is 25.9. The van der Waals surface area contributed by atoms with Gasteiger partial charge in [0.05, 0.1) is 12.1 Å². The number of carbonyl (C=O) groups excluding carboxylic acids is 1. The van der Waals surface area contributed by atoms with Crippen LogP contribution in [0.25, 0.3) is 0 Å². The minimum absolute atomic E-state index is 0.0355. The van der Waals surface area contributed by atoms with Crippen molar-refractivity contribution >= 4 is 28.3 Å². The van der Waals surface area contributed by atoms with Crippen LogP contribution in [-0.4, -0.2) is 37.0 Å². The van der Waals surface area contributed by atoms with Gasteiger partial charge in [-0.25, -0.2) is 9.67 Å². The molecule has 0 saturated carbocycles. The van der Waals surface area contributed by atoms with Crippen LogP contribution >= 0.6 is 11.3 Å². The Morgan fingerprint density at radius 3 is 3.00 bits per heavy atom. The molecule has 0 saturated heterocycles. The number of amides is 1. The smallest absolute Gasteiger partial charge is 0.309 e. The first-order valence-corrected chi connectivity index (χ1v) is 5.81. The lowest BCUT2D eigenvalue weighted by Gasteiger charge is -2.00. The Kier molecular flexibility index (Phi) is 3.63.